The lowest BCUT2D eigenvalue weighted by molar-refractivity contribution is -0.384. The second kappa shape index (κ2) is 9.03. The molecule has 2 aromatic rings. The van der Waals surface area contributed by atoms with E-state index in [4.69, 9.17) is 9.47 Å². The zero-order valence-electron chi connectivity index (χ0n) is 18.5. The van der Waals surface area contributed by atoms with Crippen LogP contribution in [-0.4, -0.2) is 53.7 Å². The Balaban J connectivity index is 1.50. The third kappa shape index (κ3) is 5.20. The maximum atomic E-state index is 12.2. The molecule has 0 atom stereocenters. The Morgan fingerprint density at radius 1 is 1.00 bits per heavy atom. The Kier molecular flexibility index (Phi) is 6.15. The Bertz CT molecular complexity index is 1080. The molecule has 0 amide bonds. The Labute approximate surface area is 191 Å². The highest BCUT2D eigenvalue weighted by molar-refractivity contribution is 6.18. The molecule has 0 bridgehead atoms. The van der Waals surface area contributed by atoms with E-state index in [1.165, 1.54) is 31.6 Å². The molecule has 0 N–H and O–H groups in total. The molecule has 2 aliphatic rings. The van der Waals surface area contributed by atoms with E-state index in [2.05, 4.69) is 17.0 Å². The number of hydrogen-bond acceptors (Lipinski definition) is 8. The summed E-state index contributed by atoms with van der Waals surface area (Å²) in [5.74, 6) is -2.99. The molecule has 33 heavy (non-hydrogen) atoms. The fourth-order valence-corrected chi connectivity index (χ4v) is 3.98. The summed E-state index contributed by atoms with van der Waals surface area (Å²) in [6.07, 6.45) is 1.26. The largest absolute Gasteiger partial charge is 0.419 e. The summed E-state index contributed by atoms with van der Waals surface area (Å²) in [6.45, 7) is 6.63. The van der Waals surface area contributed by atoms with Gasteiger partial charge in [-0.25, -0.2) is 9.59 Å². The van der Waals surface area contributed by atoms with Gasteiger partial charge in [0.15, 0.2) is 0 Å². The van der Waals surface area contributed by atoms with Gasteiger partial charge in [-0.3, -0.25) is 15.0 Å². The predicted octanol–water partition coefficient (Wildman–Crippen LogP) is 3.14. The van der Waals surface area contributed by atoms with Gasteiger partial charge in [0.1, 0.15) is 11.3 Å². The highest BCUT2D eigenvalue weighted by Crippen LogP contribution is 2.32. The normalized spacial score (nSPS) is 18.5. The van der Waals surface area contributed by atoms with Crippen molar-refractivity contribution in [2.75, 3.05) is 31.1 Å². The summed E-state index contributed by atoms with van der Waals surface area (Å²) in [5.41, 5.74) is 1.70. The van der Waals surface area contributed by atoms with Gasteiger partial charge in [0, 0.05) is 52.6 Å². The smallest absolute Gasteiger partial charge is 0.348 e. The lowest BCUT2D eigenvalue weighted by Crippen LogP contribution is -2.46. The van der Waals surface area contributed by atoms with Gasteiger partial charge in [0.05, 0.1) is 4.92 Å². The molecule has 0 saturated carbocycles. The highest BCUT2D eigenvalue weighted by Gasteiger charge is 2.39. The summed E-state index contributed by atoms with van der Waals surface area (Å²) in [6, 6.07) is 14.8. The molecule has 2 saturated heterocycles. The molecule has 0 unspecified atom stereocenters. The predicted molar refractivity (Wildman–Crippen MR) is 121 cm³/mol. The minimum absolute atomic E-state index is 0.0845. The van der Waals surface area contributed by atoms with E-state index < -0.39 is 22.6 Å². The molecule has 0 aliphatic carbocycles. The molecule has 0 spiro atoms. The van der Waals surface area contributed by atoms with Crippen molar-refractivity contribution in [3.8, 4) is 0 Å². The van der Waals surface area contributed by atoms with Crippen LogP contribution < -0.4 is 4.90 Å². The number of nitrogens with zero attached hydrogens (tertiary/aromatic N) is 3. The van der Waals surface area contributed by atoms with Crippen LogP contribution in [0.4, 0.5) is 11.4 Å². The number of anilines is 1. The molecule has 2 heterocycles. The van der Waals surface area contributed by atoms with Crippen LogP contribution >= 0.6 is 0 Å². The van der Waals surface area contributed by atoms with Crippen molar-refractivity contribution < 1.29 is 24.0 Å². The van der Waals surface area contributed by atoms with Crippen molar-refractivity contribution in [1.82, 2.24) is 4.90 Å². The third-order valence-corrected chi connectivity index (χ3v) is 5.59. The number of cyclic esters (lactones) is 2. The molecule has 172 valence electrons. The Hall–Kier alpha value is -3.72. The second-order valence-corrected chi connectivity index (χ2v) is 8.49. The molecule has 0 aromatic heterocycles. The first-order valence-electron chi connectivity index (χ1n) is 10.7. The van der Waals surface area contributed by atoms with Gasteiger partial charge in [-0.1, -0.05) is 36.4 Å². The summed E-state index contributed by atoms with van der Waals surface area (Å²) in [7, 11) is 0. The molecule has 2 fully saturated rings. The van der Waals surface area contributed by atoms with Gasteiger partial charge in [0.25, 0.3) is 11.5 Å². The third-order valence-electron chi connectivity index (χ3n) is 5.59. The van der Waals surface area contributed by atoms with E-state index in [1.54, 1.807) is 12.1 Å². The highest BCUT2D eigenvalue weighted by atomic mass is 16.7. The van der Waals surface area contributed by atoms with Crippen LogP contribution in [-0.2, 0) is 25.6 Å². The number of esters is 2. The van der Waals surface area contributed by atoms with Crippen LogP contribution in [0.1, 0.15) is 25.0 Å². The minimum atomic E-state index is -1.34. The van der Waals surface area contributed by atoms with Crippen molar-refractivity contribution in [2.24, 2.45) is 0 Å². The fourth-order valence-electron chi connectivity index (χ4n) is 3.98. The average molecular weight is 451 g/mol. The summed E-state index contributed by atoms with van der Waals surface area (Å²) in [5, 5.41) is 11.8. The first-order valence-corrected chi connectivity index (χ1v) is 10.7. The molecule has 4 rings (SSSR count). The number of nitro benzene ring substituents is 1. The van der Waals surface area contributed by atoms with E-state index in [0.717, 1.165) is 19.6 Å². The maximum absolute atomic E-state index is 12.2. The Morgan fingerprint density at radius 2 is 1.64 bits per heavy atom. The number of carbonyl (C=O) groups excluding carboxylic acids is 2. The number of nitro groups is 1. The van der Waals surface area contributed by atoms with Crippen LogP contribution in [0.3, 0.4) is 0 Å². The number of rotatable bonds is 5. The maximum Gasteiger partial charge on any atom is 0.348 e. The lowest BCUT2D eigenvalue weighted by Gasteiger charge is -2.35. The standard InChI is InChI=1S/C24H25N3O6/c1-24(2)32-22(28)19(23(29)33-24)14-18-8-9-20(21(15-18)27(30)31)26-12-10-25(11-13-26)16-17-6-4-3-5-7-17/h3-9,14-15H,10-13,16H2,1-2H3. The van der Waals surface area contributed by atoms with Gasteiger partial charge in [-0.05, 0) is 23.3 Å². The average Bonchev–Trinajstić information content (AvgIpc) is 2.77. The van der Waals surface area contributed by atoms with Crippen molar-refractivity contribution in [3.63, 3.8) is 0 Å². The van der Waals surface area contributed by atoms with E-state index in [1.807, 2.05) is 23.1 Å². The molecular weight excluding hydrogens is 426 g/mol. The zero-order valence-corrected chi connectivity index (χ0v) is 18.5. The molecule has 9 heteroatoms. The van der Waals surface area contributed by atoms with Crippen LogP contribution in [0.5, 0.6) is 0 Å². The quantitative estimate of drug-likeness (QED) is 0.225. The van der Waals surface area contributed by atoms with Crippen LogP contribution in [0.2, 0.25) is 0 Å². The van der Waals surface area contributed by atoms with Crippen molar-refractivity contribution in [1.29, 1.82) is 0 Å². The lowest BCUT2D eigenvalue weighted by atomic mass is 10.1. The van der Waals surface area contributed by atoms with Gasteiger partial charge < -0.3 is 14.4 Å². The minimum Gasteiger partial charge on any atom is -0.419 e. The molecule has 9 nitrogen and oxygen atoms in total. The second-order valence-electron chi connectivity index (χ2n) is 8.49. The molecule has 2 aromatic carbocycles. The SMILES string of the molecule is CC1(C)OC(=O)C(=Cc2ccc(N3CCN(Cc4ccccc4)CC3)c([N+](=O)[O-])c2)C(=O)O1. The van der Waals surface area contributed by atoms with Crippen LogP contribution in [0.15, 0.2) is 54.1 Å². The molecule has 0 radical (unpaired) electrons. The van der Waals surface area contributed by atoms with Gasteiger partial charge in [-0.2, -0.15) is 0 Å². The van der Waals surface area contributed by atoms with Crippen molar-refractivity contribution in [3.05, 3.63) is 75.3 Å². The van der Waals surface area contributed by atoms with E-state index in [9.17, 15) is 19.7 Å². The Morgan fingerprint density at radius 3 is 2.24 bits per heavy atom. The number of benzene rings is 2. The number of ether oxygens (including phenoxy) is 2. The summed E-state index contributed by atoms with van der Waals surface area (Å²) < 4.78 is 10.2. The van der Waals surface area contributed by atoms with E-state index >= 15 is 0 Å². The summed E-state index contributed by atoms with van der Waals surface area (Å²) >= 11 is 0. The van der Waals surface area contributed by atoms with Gasteiger partial charge >= 0.3 is 11.9 Å². The van der Waals surface area contributed by atoms with Crippen LogP contribution in [0, 0.1) is 10.1 Å². The summed E-state index contributed by atoms with van der Waals surface area (Å²) in [4.78, 5) is 40.0. The van der Waals surface area contributed by atoms with Gasteiger partial charge in [-0.15, -0.1) is 0 Å². The molecular formula is C24H25N3O6. The molecule has 2 aliphatic heterocycles. The fraction of sp³-hybridized carbons (Fsp3) is 0.333. The topological polar surface area (TPSA) is 102 Å². The number of hydrogen-bond donors (Lipinski definition) is 0. The number of carbonyl (C=O) groups is 2. The van der Waals surface area contributed by atoms with Crippen LogP contribution in [0.25, 0.3) is 6.08 Å². The van der Waals surface area contributed by atoms with Crippen molar-refractivity contribution in [2.45, 2.75) is 26.2 Å². The first-order chi connectivity index (χ1) is 15.7. The van der Waals surface area contributed by atoms with E-state index in [-0.39, 0.29) is 11.3 Å². The zero-order chi connectivity index (χ0) is 23.6. The monoisotopic (exact) mass is 451 g/mol. The van der Waals surface area contributed by atoms with Crippen molar-refractivity contribution >= 4 is 29.4 Å². The van der Waals surface area contributed by atoms with Gasteiger partial charge in [0.2, 0.25) is 0 Å². The van der Waals surface area contributed by atoms with E-state index in [0.29, 0.717) is 24.3 Å². The first kappa shape index (κ1) is 22.5. The number of piperazine rings is 1.